The number of hydrogen-bond donors (Lipinski definition) is 1. The maximum Gasteiger partial charge on any atom is 0.266 e. The predicted molar refractivity (Wildman–Crippen MR) is 150 cm³/mol. The van der Waals surface area contributed by atoms with Gasteiger partial charge in [0, 0.05) is 19.5 Å². The molecule has 0 atom stereocenters. The van der Waals surface area contributed by atoms with Crippen molar-refractivity contribution in [1.82, 2.24) is 0 Å². The Labute approximate surface area is 233 Å². The fraction of sp³-hybridized carbons (Fsp3) is 0.120. The molecule has 0 aliphatic rings. The Bertz CT molecular complexity index is 1300. The molecule has 3 aromatic rings. The molecule has 0 heterocycles. The molecule has 0 aliphatic heterocycles. The molecule has 0 unspecified atom stereocenters. The Balaban J connectivity index is 1.86. The molecule has 0 saturated heterocycles. The number of methoxy groups -OCH3 is 1. The number of amides is 1. The Morgan fingerprint density at radius 2 is 1.88 bits per heavy atom. The van der Waals surface area contributed by atoms with Crippen LogP contribution in [-0.4, -0.2) is 13.0 Å². The second-order valence-electron chi connectivity index (χ2n) is 7.14. The summed E-state index contributed by atoms with van der Waals surface area (Å²) in [4.78, 5) is 12.8. The van der Waals surface area contributed by atoms with Gasteiger partial charge in [-0.25, -0.2) is 0 Å². The number of carbonyl (C=O) groups is 1. The smallest absolute Gasteiger partial charge is 0.266 e. The molecule has 3 rings (SSSR count). The van der Waals surface area contributed by atoms with Crippen molar-refractivity contribution in [3.63, 3.8) is 0 Å². The van der Waals surface area contributed by atoms with Crippen LogP contribution in [0.3, 0.4) is 0 Å². The van der Waals surface area contributed by atoms with Gasteiger partial charge in [-0.05, 0) is 109 Å². The molecule has 1 amide bonds. The van der Waals surface area contributed by atoms with Gasteiger partial charge in [0.2, 0.25) is 0 Å². The van der Waals surface area contributed by atoms with Crippen LogP contribution in [0.15, 0.2) is 63.0 Å². The van der Waals surface area contributed by atoms with Gasteiger partial charge in [-0.15, -0.1) is 0 Å². The first-order valence-electron chi connectivity index (χ1n) is 9.86. The van der Waals surface area contributed by atoms with Crippen LogP contribution in [-0.2, 0) is 11.4 Å². The lowest BCUT2D eigenvalue weighted by molar-refractivity contribution is -0.112. The van der Waals surface area contributed by atoms with Gasteiger partial charge in [0.15, 0.2) is 11.5 Å². The Kier molecular flexibility index (Phi) is 9.42. The van der Waals surface area contributed by atoms with Gasteiger partial charge in [0.25, 0.3) is 5.91 Å². The molecule has 34 heavy (non-hydrogen) atoms. The van der Waals surface area contributed by atoms with Crippen LogP contribution in [0.1, 0.15) is 16.7 Å². The van der Waals surface area contributed by atoms with Gasteiger partial charge in [-0.3, -0.25) is 4.79 Å². The van der Waals surface area contributed by atoms with Crippen LogP contribution in [0.5, 0.6) is 11.5 Å². The number of benzene rings is 3. The topological polar surface area (TPSA) is 71.3 Å². The molecule has 3 aromatic carbocycles. The minimum Gasteiger partial charge on any atom is -0.493 e. The summed E-state index contributed by atoms with van der Waals surface area (Å²) in [6.45, 7) is 2.21. The number of ether oxygens (including phenoxy) is 2. The average molecular weight is 717 g/mol. The number of nitrogens with zero attached hydrogens (tertiary/aromatic N) is 1. The number of halogens is 4. The third-order valence-electron chi connectivity index (χ3n) is 4.68. The van der Waals surface area contributed by atoms with Crippen LogP contribution in [0.4, 0.5) is 5.69 Å². The first-order valence-corrected chi connectivity index (χ1v) is 12.9. The van der Waals surface area contributed by atoms with E-state index in [1.807, 2.05) is 49.4 Å². The number of hydrogen-bond acceptors (Lipinski definition) is 4. The van der Waals surface area contributed by atoms with Crippen LogP contribution in [0.2, 0.25) is 5.02 Å². The summed E-state index contributed by atoms with van der Waals surface area (Å²) in [6, 6.07) is 16.7. The summed E-state index contributed by atoms with van der Waals surface area (Å²) in [7, 11) is 1.53. The number of nitriles is 1. The van der Waals surface area contributed by atoms with Crippen LogP contribution in [0.25, 0.3) is 6.08 Å². The van der Waals surface area contributed by atoms with Crippen molar-refractivity contribution in [2.45, 2.75) is 13.5 Å². The van der Waals surface area contributed by atoms with E-state index in [2.05, 4.69) is 59.8 Å². The van der Waals surface area contributed by atoms with E-state index in [4.69, 9.17) is 21.1 Å². The van der Waals surface area contributed by atoms with Gasteiger partial charge in [-0.1, -0.05) is 29.8 Å². The van der Waals surface area contributed by atoms with Gasteiger partial charge in [0.1, 0.15) is 18.2 Å². The summed E-state index contributed by atoms with van der Waals surface area (Å²) in [5.74, 6) is 0.503. The van der Waals surface area contributed by atoms with Crippen molar-refractivity contribution in [3.05, 3.63) is 88.3 Å². The third-order valence-corrected chi connectivity index (χ3v) is 7.10. The van der Waals surface area contributed by atoms with E-state index in [1.165, 1.54) is 13.2 Å². The molecule has 5 nitrogen and oxygen atoms in total. The van der Waals surface area contributed by atoms with Crippen molar-refractivity contribution in [3.8, 4) is 17.6 Å². The zero-order valence-corrected chi connectivity index (χ0v) is 24.2. The highest BCUT2D eigenvalue weighted by Crippen LogP contribution is 2.36. The van der Waals surface area contributed by atoms with Crippen LogP contribution >= 0.6 is 66.1 Å². The zero-order valence-electron chi connectivity index (χ0n) is 18.1. The predicted octanol–water partition coefficient (Wildman–Crippen LogP) is 7.91. The summed E-state index contributed by atoms with van der Waals surface area (Å²) in [5.41, 5.74) is 2.99. The second-order valence-corrected chi connectivity index (χ2v) is 10.4. The molecule has 0 aliphatic carbocycles. The Morgan fingerprint density at radius 1 is 1.21 bits per heavy atom. The van der Waals surface area contributed by atoms with E-state index in [0.717, 1.165) is 14.7 Å². The summed E-state index contributed by atoms with van der Waals surface area (Å²) < 4.78 is 13.7. The molecule has 9 heteroatoms. The van der Waals surface area contributed by atoms with E-state index >= 15 is 0 Å². The zero-order chi connectivity index (χ0) is 24.8. The Hall–Kier alpha value is -2.06. The fourth-order valence-electron chi connectivity index (χ4n) is 3.04. The van der Waals surface area contributed by atoms with Crippen molar-refractivity contribution in [2.24, 2.45) is 0 Å². The molecular weight excluding hydrogens is 698 g/mol. The number of carbonyl (C=O) groups excluding carboxylic acids is 1. The first kappa shape index (κ1) is 26.5. The van der Waals surface area contributed by atoms with Crippen molar-refractivity contribution in [2.75, 3.05) is 12.4 Å². The minimum atomic E-state index is -0.527. The van der Waals surface area contributed by atoms with Crippen molar-refractivity contribution < 1.29 is 14.3 Å². The molecule has 0 spiro atoms. The molecule has 0 bridgehead atoms. The average Bonchev–Trinajstić information content (AvgIpc) is 2.79. The second kappa shape index (κ2) is 12.1. The summed E-state index contributed by atoms with van der Waals surface area (Å²) in [6.07, 6.45) is 1.51. The lowest BCUT2D eigenvalue weighted by atomic mass is 10.1. The largest absolute Gasteiger partial charge is 0.493 e. The lowest BCUT2D eigenvalue weighted by Gasteiger charge is -2.14. The van der Waals surface area contributed by atoms with Gasteiger partial charge in [0.05, 0.1) is 16.4 Å². The van der Waals surface area contributed by atoms with E-state index in [-0.39, 0.29) is 12.2 Å². The number of rotatable bonds is 7. The highest BCUT2D eigenvalue weighted by Gasteiger charge is 2.16. The number of anilines is 1. The van der Waals surface area contributed by atoms with Gasteiger partial charge in [-0.2, -0.15) is 5.26 Å². The van der Waals surface area contributed by atoms with Crippen molar-refractivity contribution >= 4 is 83.7 Å². The molecular formula is C25H18Br2ClIN2O3. The number of aryl methyl sites for hydroxylation is 1. The van der Waals surface area contributed by atoms with Gasteiger partial charge < -0.3 is 14.8 Å². The van der Waals surface area contributed by atoms with Gasteiger partial charge >= 0.3 is 0 Å². The maximum absolute atomic E-state index is 12.8. The van der Waals surface area contributed by atoms with E-state index in [1.54, 1.807) is 12.1 Å². The molecule has 0 aromatic heterocycles. The summed E-state index contributed by atoms with van der Waals surface area (Å²) in [5, 5.41) is 13.0. The minimum absolute atomic E-state index is 0.0537. The molecule has 0 radical (unpaired) electrons. The summed E-state index contributed by atoms with van der Waals surface area (Å²) >= 11 is 15.3. The van der Waals surface area contributed by atoms with E-state index < -0.39 is 5.91 Å². The molecule has 1 N–H and O–H groups in total. The third kappa shape index (κ3) is 6.54. The monoisotopic (exact) mass is 714 g/mol. The fourth-order valence-corrected chi connectivity index (χ4v) is 5.63. The quantitative estimate of drug-likeness (QED) is 0.153. The highest BCUT2D eigenvalue weighted by molar-refractivity contribution is 14.1. The first-order chi connectivity index (χ1) is 16.2. The maximum atomic E-state index is 12.8. The normalized spacial score (nSPS) is 11.0. The van der Waals surface area contributed by atoms with E-state index in [9.17, 15) is 10.1 Å². The highest BCUT2D eigenvalue weighted by atomic mass is 127. The molecule has 174 valence electrons. The molecule has 0 saturated carbocycles. The Morgan fingerprint density at radius 3 is 2.50 bits per heavy atom. The van der Waals surface area contributed by atoms with E-state index in [0.29, 0.717) is 36.7 Å². The number of nitrogens with one attached hydrogen (secondary N) is 1. The van der Waals surface area contributed by atoms with Crippen molar-refractivity contribution in [1.29, 1.82) is 5.26 Å². The lowest BCUT2D eigenvalue weighted by Crippen LogP contribution is -2.14. The standard InChI is InChI=1S/C25H18Br2ClIN2O3/c1-14-7-18(26)23(19(27)8-14)31-25(32)17(12-30)9-15-10-21(29)24(22(11-15)33-2)34-13-16-5-3-4-6-20(16)28/h3-11H,13H2,1-2H3,(H,31,32)/b17-9+. The van der Waals surface area contributed by atoms with Crippen LogP contribution in [0, 0.1) is 21.8 Å². The molecule has 0 fully saturated rings. The SMILES string of the molecule is COc1cc(/C=C(\C#N)C(=O)Nc2c(Br)cc(C)cc2Br)cc(I)c1OCc1ccccc1Cl. The van der Waals surface area contributed by atoms with Crippen LogP contribution < -0.4 is 14.8 Å².